The van der Waals surface area contributed by atoms with Gasteiger partial charge in [0.2, 0.25) is 5.91 Å². The minimum Gasteiger partial charge on any atom is -0.493 e. The van der Waals surface area contributed by atoms with Gasteiger partial charge >= 0.3 is 0 Å². The summed E-state index contributed by atoms with van der Waals surface area (Å²) in [4.78, 5) is 11.1. The molecule has 0 saturated carbocycles. The number of carbonyl (C=O) groups is 1. The lowest BCUT2D eigenvalue weighted by molar-refractivity contribution is -0.116. The summed E-state index contributed by atoms with van der Waals surface area (Å²) < 4.78 is 5.55. The molecule has 1 aliphatic rings. The quantitative estimate of drug-likeness (QED) is 0.785. The summed E-state index contributed by atoms with van der Waals surface area (Å²) in [5.74, 6) is 1.16. The van der Waals surface area contributed by atoms with E-state index in [0.29, 0.717) is 19.1 Å². The summed E-state index contributed by atoms with van der Waals surface area (Å²) in [5.41, 5.74) is 1.18. The van der Waals surface area contributed by atoms with E-state index in [1.165, 1.54) is 11.6 Å². The Bertz CT molecular complexity index is 401. The molecule has 1 heterocycles. The van der Waals surface area contributed by atoms with Crippen LogP contribution in [0.15, 0.2) is 36.9 Å². The normalized spacial score (nSPS) is 18.1. The van der Waals surface area contributed by atoms with E-state index < -0.39 is 0 Å². The highest BCUT2D eigenvalue weighted by atomic mass is 16.5. The summed E-state index contributed by atoms with van der Waals surface area (Å²) in [5, 5.41) is 2.83. The zero-order valence-corrected chi connectivity index (χ0v) is 9.11. The Kier molecular flexibility index (Phi) is 3.25. The largest absolute Gasteiger partial charge is 0.493 e. The van der Waals surface area contributed by atoms with Crippen LogP contribution in [0.4, 0.5) is 0 Å². The van der Waals surface area contributed by atoms with Gasteiger partial charge in [-0.05, 0) is 24.1 Å². The van der Waals surface area contributed by atoms with Crippen molar-refractivity contribution in [2.24, 2.45) is 0 Å². The Morgan fingerprint density at radius 3 is 3.19 bits per heavy atom. The zero-order chi connectivity index (χ0) is 11.4. The highest BCUT2D eigenvalue weighted by Gasteiger charge is 2.20. The van der Waals surface area contributed by atoms with Crippen LogP contribution < -0.4 is 10.1 Å². The van der Waals surface area contributed by atoms with Gasteiger partial charge in [-0.25, -0.2) is 0 Å². The molecule has 1 aromatic rings. The molecule has 1 aliphatic heterocycles. The van der Waals surface area contributed by atoms with Crippen LogP contribution in [-0.4, -0.2) is 19.1 Å². The lowest BCUT2D eigenvalue weighted by Crippen LogP contribution is -2.29. The van der Waals surface area contributed by atoms with Crippen LogP contribution in [0.2, 0.25) is 0 Å². The van der Waals surface area contributed by atoms with Gasteiger partial charge in [0.1, 0.15) is 5.75 Å². The first-order chi connectivity index (χ1) is 7.81. The fraction of sp³-hybridized carbons (Fsp3) is 0.308. The van der Waals surface area contributed by atoms with E-state index in [0.717, 1.165) is 12.2 Å². The number of fused-ring (bicyclic) bond motifs is 1. The van der Waals surface area contributed by atoms with Crippen LogP contribution in [0.25, 0.3) is 0 Å². The molecule has 0 fully saturated rings. The van der Waals surface area contributed by atoms with E-state index in [1.807, 2.05) is 18.2 Å². The van der Waals surface area contributed by atoms with Gasteiger partial charge in [-0.2, -0.15) is 0 Å². The minimum atomic E-state index is -0.121. The summed E-state index contributed by atoms with van der Waals surface area (Å²) in [6, 6.07) is 7.98. The molecular formula is C13H15NO2. The molecule has 0 bridgehead atoms. The van der Waals surface area contributed by atoms with E-state index in [2.05, 4.69) is 18.0 Å². The van der Waals surface area contributed by atoms with Gasteiger partial charge in [0.05, 0.1) is 6.61 Å². The number of nitrogens with one attached hydrogen (secondary N) is 1. The first-order valence-electron chi connectivity index (χ1n) is 5.43. The topological polar surface area (TPSA) is 38.3 Å². The molecule has 0 spiro atoms. The van der Waals surface area contributed by atoms with E-state index in [9.17, 15) is 4.79 Å². The average molecular weight is 217 g/mol. The van der Waals surface area contributed by atoms with Crippen molar-refractivity contribution in [2.75, 3.05) is 13.2 Å². The maximum Gasteiger partial charge on any atom is 0.243 e. The second-order valence-corrected chi connectivity index (χ2v) is 3.82. The smallest absolute Gasteiger partial charge is 0.243 e. The molecule has 2 rings (SSSR count). The van der Waals surface area contributed by atoms with Crippen molar-refractivity contribution in [3.8, 4) is 5.75 Å². The molecule has 1 amide bonds. The summed E-state index contributed by atoms with van der Waals surface area (Å²) in [7, 11) is 0. The molecule has 0 radical (unpaired) electrons. The van der Waals surface area contributed by atoms with Gasteiger partial charge in [-0.1, -0.05) is 24.8 Å². The van der Waals surface area contributed by atoms with E-state index >= 15 is 0 Å². The van der Waals surface area contributed by atoms with Gasteiger partial charge in [0, 0.05) is 12.5 Å². The second-order valence-electron chi connectivity index (χ2n) is 3.82. The number of ether oxygens (including phenoxy) is 1. The van der Waals surface area contributed by atoms with Crippen molar-refractivity contribution in [1.29, 1.82) is 0 Å². The summed E-state index contributed by atoms with van der Waals surface area (Å²) >= 11 is 0. The van der Waals surface area contributed by atoms with Crippen LogP contribution in [0.5, 0.6) is 5.75 Å². The Morgan fingerprint density at radius 2 is 2.38 bits per heavy atom. The van der Waals surface area contributed by atoms with Crippen molar-refractivity contribution in [3.63, 3.8) is 0 Å². The number of rotatable bonds is 3. The summed E-state index contributed by atoms with van der Waals surface area (Å²) in [6.45, 7) is 4.79. The highest BCUT2D eigenvalue weighted by Crippen LogP contribution is 2.32. The summed E-state index contributed by atoms with van der Waals surface area (Å²) in [6.07, 6.45) is 2.24. The maximum atomic E-state index is 11.1. The number of para-hydroxylation sites is 1. The van der Waals surface area contributed by atoms with Gasteiger partial charge < -0.3 is 10.1 Å². The van der Waals surface area contributed by atoms with Gasteiger partial charge in [-0.15, -0.1) is 0 Å². The van der Waals surface area contributed by atoms with E-state index in [1.54, 1.807) is 0 Å². The Morgan fingerprint density at radius 1 is 1.56 bits per heavy atom. The highest BCUT2D eigenvalue weighted by molar-refractivity contribution is 5.86. The molecule has 0 aromatic heterocycles. The Hall–Kier alpha value is -1.77. The first kappa shape index (κ1) is 10.7. The van der Waals surface area contributed by atoms with Crippen molar-refractivity contribution in [1.82, 2.24) is 5.32 Å². The predicted molar refractivity (Wildman–Crippen MR) is 62.5 cm³/mol. The fourth-order valence-corrected chi connectivity index (χ4v) is 1.92. The van der Waals surface area contributed by atoms with Crippen LogP contribution in [0, 0.1) is 0 Å². The van der Waals surface area contributed by atoms with Crippen LogP contribution in [0.3, 0.4) is 0 Å². The SMILES string of the molecule is C=CC(=O)NCC1CCOc2ccccc21. The Labute approximate surface area is 95.1 Å². The molecule has 1 unspecified atom stereocenters. The lowest BCUT2D eigenvalue weighted by Gasteiger charge is -2.25. The van der Waals surface area contributed by atoms with E-state index in [-0.39, 0.29) is 5.91 Å². The standard InChI is InChI=1S/C13H15NO2/c1-2-13(15)14-9-10-7-8-16-12-6-4-3-5-11(10)12/h2-6,10H,1,7-9H2,(H,14,15). The van der Waals surface area contributed by atoms with Gasteiger partial charge in [0.25, 0.3) is 0 Å². The van der Waals surface area contributed by atoms with Crippen LogP contribution in [-0.2, 0) is 4.79 Å². The third-order valence-corrected chi connectivity index (χ3v) is 2.79. The van der Waals surface area contributed by atoms with Crippen molar-refractivity contribution < 1.29 is 9.53 Å². The number of hydrogen-bond donors (Lipinski definition) is 1. The molecule has 0 saturated heterocycles. The molecule has 0 aliphatic carbocycles. The molecule has 1 atom stereocenters. The van der Waals surface area contributed by atoms with Gasteiger partial charge in [0.15, 0.2) is 0 Å². The van der Waals surface area contributed by atoms with Crippen molar-refractivity contribution in [2.45, 2.75) is 12.3 Å². The van der Waals surface area contributed by atoms with Crippen molar-refractivity contribution >= 4 is 5.91 Å². The molecule has 84 valence electrons. The number of amides is 1. The lowest BCUT2D eigenvalue weighted by atomic mass is 9.93. The minimum absolute atomic E-state index is 0.121. The van der Waals surface area contributed by atoms with E-state index in [4.69, 9.17) is 4.74 Å². The predicted octanol–water partition coefficient (Wildman–Crippen LogP) is 1.85. The Balaban J connectivity index is 2.07. The van der Waals surface area contributed by atoms with Crippen LogP contribution >= 0.6 is 0 Å². The number of hydrogen-bond acceptors (Lipinski definition) is 2. The second kappa shape index (κ2) is 4.84. The molecule has 16 heavy (non-hydrogen) atoms. The third-order valence-electron chi connectivity index (χ3n) is 2.79. The molecule has 3 nitrogen and oxygen atoms in total. The molecule has 1 aromatic carbocycles. The van der Waals surface area contributed by atoms with Crippen molar-refractivity contribution in [3.05, 3.63) is 42.5 Å². The molecule has 3 heteroatoms. The number of carbonyl (C=O) groups excluding carboxylic acids is 1. The van der Waals surface area contributed by atoms with Gasteiger partial charge in [-0.3, -0.25) is 4.79 Å². The monoisotopic (exact) mass is 217 g/mol. The zero-order valence-electron chi connectivity index (χ0n) is 9.11. The molecular weight excluding hydrogens is 202 g/mol. The molecule has 1 N–H and O–H groups in total. The van der Waals surface area contributed by atoms with Crippen LogP contribution in [0.1, 0.15) is 17.9 Å². The number of benzene rings is 1. The average Bonchev–Trinajstić information content (AvgIpc) is 2.35. The third kappa shape index (κ3) is 2.24. The fourth-order valence-electron chi connectivity index (χ4n) is 1.92. The first-order valence-corrected chi connectivity index (χ1v) is 5.43. The maximum absolute atomic E-state index is 11.1.